The molecule has 8 fully saturated rings. The van der Waals surface area contributed by atoms with Gasteiger partial charge in [-0.15, -0.1) is 0 Å². The number of hydrogen-bond acceptors (Lipinski definition) is 12. The topological polar surface area (TPSA) is 260 Å². The zero-order valence-electron chi connectivity index (χ0n) is 44.6. The Bertz CT molecular complexity index is 2110. The van der Waals surface area contributed by atoms with Crippen molar-refractivity contribution in [1.82, 2.24) is 10.6 Å². The molecule has 16 nitrogen and oxygen atoms in total. The van der Waals surface area contributed by atoms with Crippen molar-refractivity contribution >= 4 is 44.0 Å². The molecule has 2 amide bonds. The van der Waals surface area contributed by atoms with Gasteiger partial charge in [0.25, 0.3) is 20.2 Å². The van der Waals surface area contributed by atoms with E-state index in [1.165, 1.54) is 0 Å². The molecule has 0 aromatic heterocycles. The minimum atomic E-state index is -4.17. The first kappa shape index (κ1) is 56.8. The number of aliphatic hydroxyl groups excluding tert-OH is 2. The normalized spacial score (nSPS) is 42.8. The minimum Gasteiger partial charge on any atom is -0.462 e. The number of nitrogens with one attached hydrogen (secondary N) is 2. The lowest BCUT2D eigenvalue weighted by molar-refractivity contribution is -0.202. The predicted octanol–water partition coefficient (Wildman–Crippen LogP) is 7.30. The lowest BCUT2D eigenvalue weighted by Gasteiger charge is -2.63. The first-order valence-electron chi connectivity index (χ1n) is 28.3. The highest BCUT2D eigenvalue weighted by atomic mass is 32.2. The van der Waals surface area contributed by atoms with Crippen LogP contribution in [0.4, 0.5) is 0 Å². The number of amides is 2. The van der Waals surface area contributed by atoms with Crippen molar-refractivity contribution in [2.45, 2.75) is 201 Å². The fourth-order valence-electron chi connectivity index (χ4n) is 19.0. The quantitative estimate of drug-likeness (QED) is 0.0447. The van der Waals surface area contributed by atoms with E-state index in [-0.39, 0.29) is 119 Å². The molecule has 73 heavy (non-hydrogen) atoms. The molecule has 0 aliphatic heterocycles. The Hall–Kier alpha value is -2.38. The van der Waals surface area contributed by atoms with Crippen LogP contribution in [0.15, 0.2) is 0 Å². The second-order valence-electron chi connectivity index (χ2n) is 26.3. The van der Waals surface area contributed by atoms with Gasteiger partial charge in [-0.05, 0) is 196 Å². The highest BCUT2D eigenvalue weighted by molar-refractivity contribution is 7.86. The summed E-state index contributed by atoms with van der Waals surface area (Å²) in [5, 5.41) is 27.2. The molecule has 8 saturated carbocycles. The number of fused-ring (bicyclic) bond motifs is 10. The lowest BCUT2D eigenvalue weighted by Crippen LogP contribution is -2.59. The van der Waals surface area contributed by atoms with Crippen molar-refractivity contribution in [1.29, 1.82) is 0 Å². The zero-order valence-corrected chi connectivity index (χ0v) is 46.2. The highest BCUT2D eigenvalue weighted by Gasteiger charge is 2.66. The van der Waals surface area contributed by atoms with Crippen LogP contribution in [0.25, 0.3) is 0 Å². The maximum atomic E-state index is 14.4. The van der Waals surface area contributed by atoms with E-state index >= 15 is 0 Å². The molecule has 8 rings (SSSR count). The molecule has 8 aliphatic rings. The molecule has 0 heterocycles. The van der Waals surface area contributed by atoms with Crippen molar-refractivity contribution in [2.75, 3.05) is 24.6 Å². The van der Waals surface area contributed by atoms with Gasteiger partial charge in [-0.3, -0.25) is 28.3 Å². The standard InChI is InChI=1S/C55H90N2O14S2/c1-32(7-13-46(60)56-23-25-72(64,65)66)38-9-11-40-50-42(17-21-54(38,40)5)52(3)19-15-36(58)27-34(52)29-44(50)70-48(62)31-49(63)71-45-30-35-28-37(59)16-20-53(35,4)43-18-22-55(6)39(10-12-41(55)51(43)45)33(2)8-14-47(61)57-24-26-73(67,68)69/h32-45,50-51,58-59H,7-31H2,1-6H3,(H,56,60)(H,57,61)(H,64,65,66)(H,67,68,69)/t32-,33-,34?,35?,36+,37+,38-,39+,40-,41-,42-,43-,44-,45-,50-,51-,52-,53-,54+,55+/m1/s1. The third kappa shape index (κ3) is 11.9. The summed E-state index contributed by atoms with van der Waals surface area (Å²) in [6.45, 7) is 13.7. The van der Waals surface area contributed by atoms with Gasteiger partial charge in [-0.1, -0.05) is 41.5 Å². The molecule has 0 bridgehead atoms. The Balaban J connectivity index is 0.952. The van der Waals surface area contributed by atoms with Crippen molar-refractivity contribution in [3.8, 4) is 0 Å². The largest absolute Gasteiger partial charge is 0.462 e. The zero-order chi connectivity index (χ0) is 53.1. The van der Waals surface area contributed by atoms with Crippen molar-refractivity contribution in [3.05, 3.63) is 0 Å². The van der Waals surface area contributed by atoms with Crippen molar-refractivity contribution in [2.24, 2.45) is 92.7 Å². The number of carbonyl (C=O) groups excluding carboxylic acids is 4. The number of ether oxygens (including phenoxy) is 2. The lowest BCUT2D eigenvalue weighted by atomic mass is 9.43. The highest BCUT2D eigenvalue weighted by Crippen LogP contribution is 2.71. The fraction of sp³-hybridized carbons (Fsp3) is 0.927. The Kier molecular flexibility index (Phi) is 17.0. The second kappa shape index (κ2) is 21.8. The Morgan fingerprint density at radius 1 is 0.534 bits per heavy atom. The number of carbonyl (C=O) groups is 4. The van der Waals surface area contributed by atoms with E-state index < -0.39 is 74.5 Å². The van der Waals surface area contributed by atoms with Crippen LogP contribution in [0.1, 0.15) is 176 Å². The molecule has 20 atom stereocenters. The summed E-state index contributed by atoms with van der Waals surface area (Å²) in [4.78, 5) is 54.2. The van der Waals surface area contributed by atoms with Crippen LogP contribution < -0.4 is 10.6 Å². The van der Waals surface area contributed by atoms with Crippen molar-refractivity contribution in [3.63, 3.8) is 0 Å². The molecule has 0 radical (unpaired) electrons. The van der Waals surface area contributed by atoms with E-state index in [0.717, 1.165) is 77.0 Å². The fourth-order valence-corrected chi connectivity index (χ4v) is 19.7. The summed E-state index contributed by atoms with van der Waals surface area (Å²) < 4.78 is 76.1. The third-order valence-corrected chi connectivity index (χ3v) is 24.1. The first-order valence-corrected chi connectivity index (χ1v) is 31.6. The van der Waals surface area contributed by atoms with E-state index in [1.54, 1.807) is 0 Å². The van der Waals surface area contributed by atoms with Crippen molar-refractivity contribution < 1.29 is 64.8 Å². The number of hydrogen-bond donors (Lipinski definition) is 6. The summed E-state index contributed by atoms with van der Waals surface area (Å²) in [7, 11) is -8.34. The molecule has 0 saturated heterocycles. The number of esters is 2. The molecule has 2 unspecified atom stereocenters. The van der Waals surface area contributed by atoms with E-state index in [4.69, 9.17) is 18.6 Å². The molecular weight excluding hydrogens is 977 g/mol. The maximum Gasteiger partial charge on any atom is 0.317 e. The summed E-state index contributed by atoms with van der Waals surface area (Å²) in [5.41, 5.74) is -0.140. The minimum absolute atomic E-state index is 0.0102. The summed E-state index contributed by atoms with van der Waals surface area (Å²) in [5.74, 6) is 0.0655. The maximum absolute atomic E-state index is 14.4. The van der Waals surface area contributed by atoms with Gasteiger partial charge < -0.3 is 30.3 Å². The molecule has 6 N–H and O–H groups in total. The van der Waals surface area contributed by atoms with Crippen LogP contribution in [-0.4, -0.2) is 109 Å². The number of aliphatic hydroxyl groups is 2. The average Bonchev–Trinajstić information content (AvgIpc) is 3.84. The van der Waals surface area contributed by atoms with Gasteiger partial charge >= 0.3 is 11.9 Å². The van der Waals surface area contributed by atoms with E-state index in [9.17, 15) is 46.2 Å². The summed E-state index contributed by atoms with van der Waals surface area (Å²) in [6, 6.07) is 0. The van der Waals surface area contributed by atoms with Crippen LogP contribution in [-0.2, 0) is 48.9 Å². The Labute approximate surface area is 435 Å². The summed E-state index contributed by atoms with van der Waals surface area (Å²) in [6.07, 6.45) is 13.6. The monoisotopic (exact) mass is 1070 g/mol. The first-order chi connectivity index (χ1) is 34.1. The van der Waals surface area contributed by atoms with Gasteiger partial charge in [0, 0.05) is 37.8 Å². The molecule has 8 aliphatic carbocycles. The van der Waals surface area contributed by atoms with Gasteiger partial charge in [-0.25, -0.2) is 0 Å². The van der Waals surface area contributed by atoms with Crippen LogP contribution >= 0.6 is 0 Å². The van der Waals surface area contributed by atoms with Gasteiger partial charge in [0.1, 0.15) is 18.6 Å². The Morgan fingerprint density at radius 3 is 1.26 bits per heavy atom. The van der Waals surface area contributed by atoms with Gasteiger partial charge in [0.05, 0.1) is 23.7 Å². The molecule has 0 spiro atoms. The smallest absolute Gasteiger partial charge is 0.317 e. The molecular formula is C55H90N2O14S2. The predicted molar refractivity (Wildman–Crippen MR) is 273 cm³/mol. The average molecular weight is 1070 g/mol. The second-order valence-corrected chi connectivity index (χ2v) is 29.5. The van der Waals surface area contributed by atoms with E-state index in [0.29, 0.717) is 50.4 Å². The van der Waals surface area contributed by atoms with Gasteiger partial charge in [0.15, 0.2) is 0 Å². The SMILES string of the molecule is C[C@H](CCC(=O)NCCS(=O)(=O)O)[C@H]1CC[C@@H]2[C@@H]3[C@@H](CC[C@]21C)[C@]1(C)CC[C@H](O)CC1C[C@H]3OC(=O)CC(=O)O[C@@H]1CC2C[C@@H](O)CC[C@@]2(C)[C@@H]2CC[C@]3(C)[C@H](CC[C@H]3[C@H](C)CCC(=O)NCCS(=O)(=O)O)[C@H]21. The van der Waals surface area contributed by atoms with E-state index in [1.807, 2.05) is 0 Å². The van der Waals surface area contributed by atoms with Gasteiger partial charge in [0.2, 0.25) is 11.8 Å². The van der Waals surface area contributed by atoms with E-state index in [2.05, 4.69) is 52.2 Å². The summed E-state index contributed by atoms with van der Waals surface area (Å²) >= 11 is 0. The van der Waals surface area contributed by atoms with Gasteiger partial charge in [-0.2, -0.15) is 16.8 Å². The third-order valence-electron chi connectivity index (χ3n) is 22.7. The van der Waals surface area contributed by atoms with Crippen LogP contribution in [0.2, 0.25) is 0 Å². The molecule has 18 heteroatoms. The Morgan fingerprint density at radius 2 is 0.890 bits per heavy atom. The number of rotatable bonds is 18. The van der Waals surface area contributed by atoms with Crippen LogP contribution in [0, 0.1) is 92.7 Å². The molecule has 416 valence electrons. The molecule has 0 aromatic carbocycles. The van der Waals surface area contributed by atoms with Crippen LogP contribution in [0.3, 0.4) is 0 Å². The van der Waals surface area contributed by atoms with Crippen LogP contribution in [0.5, 0.6) is 0 Å². The molecule has 0 aromatic rings.